The Kier molecular flexibility index (Phi) is 7.72. The first-order valence-corrected chi connectivity index (χ1v) is 16.2. The third-order valence-electron chi connectivity index (χ3n) is 0.0400. The molecule has 0 heterocycles. The zero-order valence-electron chi connectivity index (χ0n) is 1.79. The molecule has 0 rings (SSSR count). The summed E-state index contributed by atoms with van der Waals surface area (Å²) in [5.41, 5.74) is 0. The Bertz CT molecular complexity index is 15.2. The fraction of sp³-hybridized carbons (Fsp3) is 0. The molecule has 0 aliphatic rings. The van der Waals surface area contributed by atoms with E-state index in [0.717, 1.165) is 21.5 Å². The zero-order chi connectivity index (χ0) is 3.41. The van der Waals surface area contributed by atoms with Crippen molar-refractivity contribution in [2.45, 2.75) is 0 Å². The molecule has 0 spiro atoms. The molecule has 0 saturated carbocycles. The molecule has 0 radical (unpaired) electrons. The molecule has 4 heteroatoms. The summed E-state index contributed by atoms with van der Waals surface area (Å²) in [6, 6.07) is 0. The van der Waals surface area contributed by atoms with Gasteiger partial charge in [-0.25, -0.2) is 0 Å². The van der Waals surface area contributed by atoms with Crippen LogP contribution in [0.3, 0.4) is 0 Å². The van der Waals surface area contributed by atoms with Crippen LogP contribution in [0.15, 0.2) is 0 Å². The molecule has 0 amide bonds. The third kappa shape index (κ3) is 4.08. The van der Waals surface area contributed by atoms with Gasteiger partial charge in [0.1, 0.15) is 0 Å². The Balaban J connectivity index is 2.55. The van der Waals surface area contributed by atoms with Crippen molar-refractivity contribution < 1.29 is 0 Å². The van der Waals surface area contributed by atoms with Gasteiger partial charge in [-0.05, 0) is 0 Å². The molecule has 0 nitrogen and oxygen atoms in total. The van der Waals surface area contributed by atoms with Crippen molar-refractivity contribution in [1.82, 2.24) is 0 Å². The minimum atomic E-state index is 0.719. The molecule has 0 atom stereocenters. The Morgan fingerprint density at radius 3 is 1.25 bits per heavy atom. The van der Waals surface area contributed by atoms with E-state index < -0.39 is 0 Å². The van der Waals surface area contributed by atoms with Gasteiger partial charge in [-0.15, -0.1) is 0 Å². The minimum absolute atomic E-state index is 0.719. The summed E-state index contributed by atoms with van der Waals surface area (Å²) in [7, 11) is 1.44. The second-order valence-electron chi connectivity index (χ2n) is 0.179. The van der Waals surface area contributed by atoms with Crippen molar-refractivity contribution in [1.29, 1.82) is 0 Å². The van der Waals surface area contributed by atoms with Crippen molar-refractivity contribution >= 4 is 49.9 Å². The van der Waals surface area contributed by atoms with E-state index in [9.17, 15) is 0 Å². The molecule has 4 heavy (non-hydrogen) atoms. The van der Waals surface area contributed by atoms with Crippen LogP contribution in [-0.2, 0) is 0 Å². The summed E-state index contributed by atoms with van der Waals surface area (Å²) in [6.07, 6.45) is 0. The van der Waals surface area contributed by atoms with Gasteiger partial charge in [0.05, 0.1) is 0 Å². The molecule has 0 saturated heterocycles. The van der Waals surface area contributed by atoms with Crippen LogP contribution in [0.1, 0.15) is 0 Å². The van der Waals surface area contributed by atoms with Gasteiger partial charge in [0.25, 0.3) is 0 Å². The second-order valence-corrected chi connectivity index (χ2v) is 25.1. The summed E-state index contributed by atoms with van der Waals surface area (Å²) < 4.78 is 0. The predicted molar refractivity (Wildman–Crippen MR) is 28.6 cm³/mol. The fourth-order valence-electron chi connectivity index (χ4n) is 0. The van der Waals surface area contributed by atoms with Crippen LogP contribution < -0.4 is 0 Å². The molecule has 0 N–H and O–H groups in total. The first kappa shape index (κ1) is 6.08. The van der Waals surface area contributed by atoms with E-state index in [4.69, 9.17) is 0 Å². The second kappa shape index (κ2) is 5.08. The number of hydrogen-bond acceptors (Lipinski definition) is 0. The van der Waals surface area contributed by atoms with Gasteiger partial charge in [-0.2, -0.15) is 0 Å². The topological polar surface area (TPSA) is 0 Å². The number of rotatable bonds is 0. The van der Waals surface area contributed by atoms with Crippen LogP contribution in [0.5, 0.6) is 0 Å². The Morgan fingerprint density at radius 1 is 1.00 bits per heavy atom. The summed E-state index contributed by atoms with van der Waals surface area (Å²) >= 11 is 5.31. The molecule has 0 unspecified atom stereocenters. The summed E-state index contributed by atoms with van der Waals surface area (Å²) in [5.74, 6) is 0. The van der Waals surface area contributed by atoms with Crippen LogP contribution >= 0.6 is 0 Å². The fourth-order valence-corrected chi connectivity index (χ4v) is 0. The van der Waals surface area contributed by atoms with E-state index in [1.807, 2.05) is 0 Å². The van der Waals surface area contributed by atoms with Gasteiger partial charge in [0, 0.05) is 0 Å². The van der Waals surface area contributed by atoms with Gasteiger partial charge >= 0.3 is 49.9 Å². The van der Waals surface area contributed by atoms with Crippen molar-refractivity contribution in [2.24, 2.45) is 0 Å². The summed E-state index contributed by atoms with van der Waals surface area (Å²) in [5, 5.41) is 0. The van der Waals surface area contributed by atoms with E-state index in [1.165, 1.54) is 0 Å². The third-order valence-corrected chi connectivity index (χ3v) is 29.2. The van der Waals surface area contributed by atoms with Crippen molar-refractivity contribution in [3.63, 3.8) is 0 Å². The summed E-state index contributed by atoms with van der Waals surface area (Å²) in [4.78, 5) is 0. The Morgan fingerprint density at radius 2 is 1.25 bits per heavy atom. The SMILES string of the molecule is [SeH][SeH]=[SeH][SeH]. The van der Waals surface area contributed by atoms with Crippen molar-refractivity contribution in [3.8, 4) is 0 Å². The van der Waals surface area contributed by atoms with Crippen LogP contribution in [0.4, 0.5) is 0 Å². The van der Waals surface area contributed by atoms with Crippen molar-refractivity contribution in [2.75, 3.05) is 0 Å². The van der Waals surface area contributed by atoms with Gasteiger partial charge < -0.3 is 0 Å². The monoisotopic (exact) mass is 324 g/mol. The van der Waals surface area contributed by atoms with Crippen LogP contribution in [0.2, 0.25) is 0 Å². The standard InChI is InChI=1S/H4Se4/c1-3-4-2/h1-4H. The molecule has 0 aliphatic heterocycles. The maximum absolute atomic E-state index is 2.66. The summed E-state index contributed by atoms with van der Waals surface area (Å²) in [6.45, 7) is 0. The molecule has 0 aromatic rings. The molecule has 0 aliphatic carbocycles. The molecule has 0 fully saturated rings. The molecule has 28 valence electrons. The van der Waals surface area contributed by atoms with Crippen LogP contribution in [0.25, 0.3) is 0 Å². The first-order chi connectivity index (χ1) is 1.91. The maximum atomic E-state index is 2.66. The Hall–Kier alpha value is 2.08. The molecular formula is H4Se4. The normalized spacial score (nSPS) is 13.5. The van der Waals surface area contributed by atoms with Gasteiger partial charge in [0.2, 0.25) is 0 Å². The molecule has 0 bridgehead atoms. The van der Waals surface area contributed by atoms with Gasteiger partial charge in [-0.1, -0.05) is 0 Å². The Labute approximate surface area is 49.4 Å². The average Bonchev–Trinajstić information content (AvgIpc) is 1.37. The quantitative estimate of drug-likeness (QED) is 0.430. The molecular weight excluding hydrogens is 316 g/mol. The number of hydrogen-bond donors (Lipinski definition) is 0. The average molecular weight is 320 g/mol. The van der Waals surface area contributed by atoms with E-state index >= 15 is 0 Å². The van der Waals surface area contributed by atoms with Crippen molar-refractivity contribution in [3.05, 3.63) is 0 Å². The first-order valence-electron chi connectivity index (χ1n) is 0.600. The van der Waals surface area contributed by atoms with Crippen LogP contribution in [-0.4, -0.2) is 49.9 Å². The van der Waals surface area contributed by atoms with E-state index in [2.05, 4.69) is 28.4 Å². The van der Waals surface area contributed by atoms with E-state index in [1.54, 1.807) is 0 Å². The van der Waals surface area contributed by atoms with E-state index in [-0.39, 0.29) is 0 Å². The predicted octanol–water partition coefficient (Wildman–Crippen LogP) is -2.59. The van der Waals surface area contributed by atoms with Crippen LogP contribution in [0, 0.1) is 0 Å². The van der Waals surface area contributed by atoms with E-state index in [0.29, 0.717) is 0 Å². The molecule has 0 aromatic carbocycles. The molecule has 0 aromatic heterocycles. The van der Waals surface area contributed by atoms with Gasteiger partial charge in [0.15, 0.2) is 0 Å². The zero-order valence-corrected chi connectivity index (χ0v) is 9.30. The van der Waals surface area contributed by atoms with Gasteiger partial charge in [-0.3, -0.25) is 0 Å².